The van der Waals surface area contributed by atoms with E-state index in [2.05, 4.69) is 5.32 Å². The fraction of sp³-hybridized carbons (Fsp3) is 0.240. The molecule has 0 aromatic heterocycles. The molecule has 0 fully saturated rings. The van der Waals surface area contributed by atoms with Gasteiger partial charge in [-0.3, -0.25) is 4.79 Å². The highest BCUT2D eigenvalue weighted by atomic mass is 35.5. The Morgan fingerprint density at radius 3 is 2.52 bits per heavy atom. The Morgan fingerprint density at radius 1 is 1.06 bits per heavy atom. The van der Waals surface area contributed by atoms with Gasteiger partial charge in [0.1, 0.15) is 5.75 Å². The number of rotatable bonds is 7. The van der Waals surface area contributed by atoms with Gasteiger partial charge in [0, 0.05) is 30.1 Å². The van der Waals surface area contributed by atoms with E-state index in [-0.39, 0.29) is 17.2 Å². The minimum absolute atomic E-state index is 0.0129. The second-order valence-electron chi connectivity index (χ2n) is 7.83. The maximum Gasteiger partial charge on any atom is 0.243 e. The van der Waals surface area contributed by atoms with Gasteiger partial charge in [0.25, 0.3) is 0 Å². The average molecular weight is 485 g/mol. The van der Waals surface area contributed by atoms with Crippen LogP contribution in [-0.2, 0) is 27.8 Å². The number of para-hydroxylation sites is 1. The number of methoxy groups -OCH3 is 1. The summed E-state index contributed by atoms with van der Waals surface area (Å²) >= 11 is 5.95. The van der Waals surface area contributed by atoms with E-state index < -0.39 is 16.1 Å². The molecule has 3 aromatic carbocycles. The lowest BCUT2D eigenvalue weighted by atomic mass is 9.92. The van der Waals surface area contributed by atoms with Crippen LogP contribution in [0.3, 0.4) is 0 Å². The smallest absolute Gasteiger partial charge is 0.243 e. The van der Waals surface area contributed by atoms with Crippen molar-refractivity contribution in [3.8, 4) is 5.75 Å². The number of ether oxygens (including phenoxy) is 1. The number of amides is 1. The number of fused-ring (bicyclic) bond motifs is 1. The number of hydrogen-bond donors (Lipinski definition) is 1. The largest absolute Gasteiger partial charge is 0.496 e. The van der Waals surface area contributed by atoms with Crippen LogP contribution in [0.4, 0.5) is 0 Å². The molecule has 0 radical (unpaired) electrons. The zero-order valence-corrected chi connectivity index (χ0v) is 19.8. The van der Waals surface area contributed by atoms with Crippen molar-refractivity contribution >= 4 is 27.5 Å². The third-order valence-corrected chi connectivity index (χ3v) is 8.01. The number of sulfonamides is 1. The lowest BCUT2D eigenvalue weighted by Gasteiger charge is -2.36. The molecule has 4 rings (SSSR count). The molecule has 0 spiro atoms. The molecule has 33 heavy (non-hydrogen) atoms. The van der Waals surface area contributed by atoms with Gasteiger partial charge in [0.05, 0.1) is 18.0 Å². The molecule has 1 atom stereocenters. The summed E-state index contributed by atoms with van der Waals surface area (Å²) in [6, 6.07) is 20.6. The Hall–Kier alpha value is -2.87. The number of halogens is 1. The standard InChI is InChI=1S/C25H25ClN2O4S/c1-32-24-9-5-3-7-19(24)17-27-25(29)16-23-22-8-4-2-6-18(22)14-15-28(23)33(30,31)21-12-10-20(26)11-13-21/h2-13,23H,14-17H2,1H3,(H,27,29). The molecule has 0 saturated heterocycles. The van der Waals surface area contributed by atoms with Crippen LogP contribution in [0.5, 0.6) is 5.75 Å². The van der Waals surface area contributed by atoms with E-state index >= 15 is 0 Å². The quantitative estimate of drug-likeness (QED) is 0.541. The zero-order valence-electron chi connectivity index (χ0n) is 18.2. The lowest BCUT2D eigenvalue weighted by Crippen LogP contribution is -2.42. The van der Waals surface area contributed by atoms with Crippen molar-refractivity contribution in [3.05, 3.63) is 94.5 Å². The molecule has 6 nitrogen and oxygen atoms in total. The molecule has 1 unspecified atom stereocenters. The van der Waals surface area contributed by atoms with E-state index in [1.165, 1.54) is 16.4 Å². The Kier molecular flexibility index (Phi) is 7.02. The molecule has 172 valence electrons. The number of nitrogens with zero attached hydrogens (tertiary/aromatic N) is 1. The molecule has 1 aliphatic rings. The van der Waals surface area contributed by atoms with E-state index in [4.69, 9.17) is 16.3 Å². The number of benzene rings is 3. The van der Waals surface area contributed by atoms with Crippen LogP contribution in [0.25, 0.3) is 0 Å². The fourth-order valence-electron chi connectivity index (χ4n) is 4.16. The first-order chi connectivity index (χ1) is 15.9. The predicted molar refractivity (Wildman–Crippen MR) is 128 cm³/mol. The highest BCUT2D eigenvalue weighted by Gasteiger charge is 2.37. The molecular formula is C25H25ClN2O4S. The monoisotopic (exact) mass is 484 g/mol. The normalized spacial score (nSPS) is 16.1. The van der Waals surface area contributed by atoms with Crippen LogP contribution in [-0.4, -0.2) is 32.3 Å². The van der Waals surface area contributed by atoms with Crippen molar-refractivity contribution in [3.63, 3.8) is 0 Å². The molecular weight excluding hydrogens is 460 g/mol. The first-order valence-electron chi connectivity index (χ1n) is 10.6. The maximum absolute atomic E-state index is 13.5. The zero-order chi connectivity index (χ0) is 23.4. The molecule has 0 aliphatic carbocycles. The van der Waals surface area contributed by atoms with Gasteiger partial charge in [0.15, 0.2) is 0 Å². The Labute approximate surface area is 199 Å². The first-order valence-corrected chi connectivity index (χ1v) is 12.5. The third-order valence-electron chi connectivity index (χ3n) is 5.83. The van der Waals surface area contributed by atoms with Crippen molar-refractivity contribution in [2.45, 2.75) is 30.3 Å². The van der Waals surface area contributed by atoms with E-state index in [0.29, 0.717) is 30.3 Å². The van der Waals surface area contributed by atoms with Gasteiger partial charge >= 0.3 is 0 Å². The van der Waals surface area contributed by atoms with E-state index in [1.54, 1.807) is 19.2 Å². The van der Waals surface area contributed by atoms with Crippen molar-refractivity contribution < 1.29 is 17.9 Å². The molecule has 1 amide bonds. The maximum atomic E-state index is 13.5. The summed E-state index contributed by atoms with van der Waals surface area (Å²) in [5, 5.41) is 3.38. The average Bonchev–Trinajstić information content (AvgIpc) is 2.83. The third kappa shape index (κ3) is 5.05. The lowest BCUT2D eigenvalue weighted by molar-refractivity contribution is -0.122. The van der Waals surface area contributed by atoms with Crippen molar-refractivity contribution in [2.75, 3.05) is 13.7 Å². The second kappa shape index (κ2) is 9.95. The first kappa shape index (κ1) is 23.3. The van der Waals surface area contributed by atoms with Gasteiger partial charge in [-0.05, 0) is 47.9 Å². The number of carbonyl (C=O) groups is 1. The molecule has 0 saturated carbocycles. The molecule has 0 bridgehead atoms. The summed E-state index contributed by atoms with van der Waals surface area (Å²) in [6.45, 7) is 0.591. The Bertz CT molecular complexity index is 1250. The second-order valence-corrected chi connectivity index (χ2v) is 10.2. The van der Waals surface area contributed by atoms with Crippen LogP contribution in [0.2, 0.25) is 5.02 Å². The highest BCUT2D eigenvalue weighted by molar-refractivity contribution is 7.89. The minimum Gasteiger partial charge on any atom is -0.496 e. The Balaban J connectivity index is 1.59. The summed E-state index contributed by atoms with van der Waals surface area (Å²) in [7, 11) is -2.24. The van der Waals surface area contributed by atoms with E-state index in [9.17, 15) is 13.2 Å². The van der Waals surface area contributed by atoms with Crippen LogP contribution < -0.4 is 10.1 Å². The van der Waals surface area contributed by atoms with Gasteiger partial charge in [-0.2, -0.15) is 4.31 Å². The summed E-state index contributed by atoms with van der Waals surface area (Å²) in [6.07, 6.45) is 0.599. The van der Waals surface area contributed by atoms with Crippen LogP contribution in [0.15, 0.2) is 77.7 Å². The summed E-state index contributed by atoms with van der Waals surface area (Å²) in [4.78, 5) is 13.1. The molecule has 8 heteroatoms. The van der Waals surface area contributed by atoms with Crippen molar-refractivity contribution in [1.29, 1.82) is 0 Å². The van der Waals surface area contributed by atoms with E-state index in [1.807, 2.05) is 48.5 Å². The van der Waals surface area contributed by atoms with Gasteiger partial charge in [0.2, 0.25) is 15.9 Å². The van der Waals surface area contributed by atoms with Crippen LogP contribution in [0, 0.1) is 0 Å². The topological polar surface area (TPSA) is 75.7 Å². The number of hydrogen-bond acceptors (Lipinski definition) is 4. The van der Waals surface area contributed by atoms with E-state index in [0.717, 1.165) is 16.7 Å². The predicted octanol–water partition coefficient (Wildman–Crippen LogP) is 4.34. The minimum atomic E-state index is -3.82. The Morgan fingerprint density at radius 2 is 1.76 bits per heavy atom. The van der Waals surface area contributed by atoms with Crippen molar-refractivity contribution in [2.24, 2.45) is 0 Å². The summed E-state index contributed by atoms with van der Waals surface area (Å²) < 4.78 is 33.8. The van der Waals surface area contributed by atoms with Gasteiger partial charge in [-0.25, -0.2) is 8.42 Å². The number of carbonyl (C=O) groups excluding carboxylic acids is 1. The van der Waals surface area contributed by atoms with Crippen LogP contribution >= 0.6 is 11.6 Å². The molecule has 1 N–H and O–H groups in total. The van der Waals surface area contributed by atoms with Gasteiger partial charge < -0.3 is 10.1 Å². The van der Waals surface area contributed by atoms with Crippen molar-refractivity contribution in [1.82, 2.24) is 9.62 Å². The fourth-order valence-corrected chi connectivity index (χ4v) is 5.89. The molecule has 3 aromatic rings. The van der Waals surface area contributed by atoms with Gasteiger partial charge in [-0.15, -0.1) is 0 Å². The number of nitrogens with one attached hydrogen (secondary N) is 1. The molecule has 1 heterocycles. The van der Waals surface area contributed by atoms with Crippen LogP contribution in [0.1, 0.15) is 29.2 Å². The SMILES string of the molecule is COc1ccccc1CNC(=O)CC1c2ccccc2CCN1S(=O)(=O)c1ccc(Cl)cc1. The highest BCUT2D eigenvalue weighted by Crippen LogP contribution is 2.36. The van der Waals surface area contributed by atoms with Gasteiger partial charge in [-0.1, -0.05) is 54.1 Å². The summed E-state index contributed by atoms with van der Waals surface area (Å²) in [5.41, 5.74) is 2.76. The summed E-state index contributed by atoms with van der Waals surface area (Å²) in [5.74, 6) is 0.451. The molecule has 1 aliphatic heterocycles.